The number of nitrogens with one attached hydrogen (secondary N) is 2. The Hall–Kier alpha value is -2.01. The highest BCUT2D eigenvalue weighted by Crippen LogP contribution is 2.26. The fourth-order valence-electron chi connectivity index (χ4n) is 2.66. The quantitative estimate of drug-likeness (QED) is 0.389. The smallest absolute Gasteiger partial charge is 0.191 e. The van der Waals surface area contributed by atoms with Gasteiger partial charge in [0.1, 0.15) is 12.4 Å². The van der Waals surface area contributed by atoms with E-state index in [-0.39, 0.29) is 0 Å². The van der Waals surface area contributed by atoms with Crippen LogP contribution in [0.1, 0.15) is 32.3 Å². The van der Waals surface area contributed by atoms with Gasteiger partial charge in [0.15, 0.2) is 5.96 Å². The van der Waals surface area contributed by atoms with E-state index >= 15 is 0 Å². The summed E-state index contributed by atoms with van der Waals surface area (Å²) in [6.07, 6.45) is 4.41. The normalized spacial score (nSPS) is 15.8. The molecule has 0 radical (unpaired) electrons. The van der Waals surface area contributed by atoms with Gasteiger partial charge in [-0.15, -0.1) is 0 Å². The van der Waals surface area contributed by atoms with Crippen LogP contribution in [0.5, 0.6) is 5.75 Å². The first-order valence-corrected chi connectivity index (χ1v) is 9.21. The van der Waals surface area contributed by atoms with E-state index in [1.54, 1.807) is 6.08 Å². The molecule has 1 aliphatic rings. The third kappa shape index (κ3) is 6.42. The van der Waals surface area contributed by atoms with E-state index in [1.165, 1.54) is 12.8 Å². The minimum absolute atomic E-state index is 0.486. The van der Waals surface area contributed by atoms with Gasteiger partial charge in [0, 0.05) is 30.7 Å². The van der Waals surface area contributed by atoms with Gasteiger partial charge in [0.25, 0.3) is 0 Å². The van der Waals surface area contributed by atoms with Crippen molar-refractivity contribution >= 4 is 5.96 Å². The second kappa shape index (κ2) is 10.1. The number of benzene rings is 1. The zero-order chi connectivity index (χ0) is 18.1. The summed E-state index contributed by atoms with van der Waals surface area (Å²) >= 11 is 0. The third-order valence-corrected chi connectivity index (χ3v) is 4.46. The highest BCUT2D eigenvalue weighted by atomic mass is 16.5. The standard InChI is InChI=1S/C20H32N4O/c1-5-13-25-19-10-8-7-9-17(19)15-23-20(21-6-2)22-14-16(3)24(4)18-11-12-18/h5,7-10,16,18H,1,6,11-15H2,2-4H3,(H2,21,22,23). The molecule has 0 bridgehead atoms. The molecule has 5 nitrogen and oxygen atoms in total. The zero-order valence-electron chi connectivity index (χ0n) is 15.8. The van der Waals surface area contributed by atoms with Crippen molar-refractivity contribution in [1.29, 1.82) is 0 Å². The molecule has 1 aromatic carbocycles. The van der Waals surface area contributed by atoms with Gasteiger partial charge in [-0.2, -0.15) is 0 Å². The molecule has 5 heteroatoms. The number of guanidine groups is 1. The van der Waals surface area contributed by atoms with Crippen LogP contribution < -0.4 is 15.4 Å². The molecule has 0 amide bonds. The van der Waals surface area contributed by atoms with Gasteiger partial charge in [-0.1, -0.05) is 30.9 Å². The Morgan fingerprint density at radius 3 is 2.84 bits per heavy atom. The number of ether oxygens (including phenoxy) is 1. The molecular formula is C20H32N4O. The van der Waals surface area contributed by atoms with E-state index in [9.17, 15) is 0 Å². The highest BCUT2D eigenvalue weighted by molar-refractivity contribution is 5.79. The first-order chi connectivity index (χ1) is 12.2. The van der Waals surface area contributed by atoms with Crippen LogP contribution in [0.2, 0.25) is 0 Å². The number of aliphatic imine (C=N–C) groups is 1. The van der Waals surface area contributed by atoms with Crippen molar-refractivity contribution in [2.75, 3.05) is 26.7 Å². The fraction of sp³-hybridized carbons (Fsp3) is 0.550. The molecule has 138 valence electrons. The van der Waals surface area contributed by atoms with Crippen molar-refractivity contribution in [3.8, 4) is 5.75 Å². The minimum atomic E-state index is 0.486. The van der Waals surface area contributed by atoms with Crippen LogP contribution in [0.4, 0.5) is 0 Å². The van der Waals surface area contributed by atoms with Gasteiger partial charge in [-0.3, -0.25) is 4.90 Å². The molecule has 0 aromatic heterocycles. The van der Waals surface area contributed by atoms with Crippen molar-refractivity contribution in [3.63, 3.8) is 0 Å². The maximum Gasteiger partial charge on any atom is 0.191 e. The molecule has 1 atom stereocenters. The highest BCUT2D eigenvalue weighted by Gasteiger charge is 2.28. The molecule has 1 saturated carbocycles. The summed E-state index contributed by atoms with van der Waals surface area (Å²) in [7, 11) is 2.21. The van der Waals surface area contributed by atoms with E-state index in [0.717, 1.165) is 36.4 Å². The molecule has 25 heavy (non-hydrogen) atoms. The predicted octanol–water partition coefficient (Wildman–Crippen LogP) is 2.79. The van der Waals surface area contributed by atoms with Crippen LogP contribution in [-0.2, 0) is 6.54 Å². The van der Waals surface area contributed by atoms with Gasteiger partial charge in [-0.05, 0) is 39.8 Å². The summed E-state index contributed by atoms with van der Waals surface area (Å²) in [4.78, 5) is 7.17. The molecular weight excluding hydrogens is 312 g/mol. The summed E-state index contributed by atoms with van der Waals surface area (Å²) < 4.78 is 5.71. The van der Waals surface area contributed by atoms with Crippen molar-refractivity contribution in [2.24, 2.45) is 4.99 Å². The van der Waals surface area contributed by atoms with Crippen molar-refractivity contribution < 1.29 is 4.74 Å². The van der Waals surface area contributed by atoms with Gasteiger partial charge in [0.2, 0.25) is 0 Å². The van der Waals surface area contributed by atoms with Crippen LogP contribution in [-0.4, -0.2) is 49.7 Å². The molecule has 0 spiro atoms. The summed E-state index contributed by atoms with van der Waals surface area (Å²) in [5.41, 5.74) is 1.07. The van der Waals surface area contributed by atoms with Crippen molar-refractivity contribution in [3.05, 3.63) is 42.5 Å². The Morgan fingerprint density at radius 2 is 2.16 bits per heavy atom. The van der Waals surface area contributed by atoms with E-state index in [0.29, 0.717) is 19.2 Å². The Morgan fingerprint density at radius 1 is 1.40 bits per heavy atom. The molecule has 1 aliphatic carbocycles. The molecule has 2 N–H and O–H groups in total. The largest absolute Gasteiger partial charge is 0.489 e. The second-order valence-electron chi connectivity index (χ2n) is 6.53. The van der Waals surface area contributed by atoms with Crippen LogP contribution in [0, 0.1) is 0 Å². The lowest BCUT2D eigenvalue weighted by molar-refractivity contribution is 0.247. The van der Waals surface area contributed by atoms with Gasteiger partial charge >= 0.3 is 0 Å². The lowest BCUT2D eigenvalue weighted by Gasteiger charge is -2.25. The molecule has 2 rings (SSSR count). The second-order valence-corrected chi connectivity index (χ2v) is 6.53. The topological polar surface area (TPSA) is 48.9 Å². The predicted molar refractivity (Wildman–Crippen MR) is 105 cm³/mol. The van der Waals surface area contributed by atoms with Crippen molar-refractivity contribution in [2.45, 2.75) is 45.3 Å². The number of hydrogen-bond donors (Lipinski definition) is 2. The first-order valence-electron chi connectivity index (χ1n) is 9.21. The lowest BCUT2D eigenvalue weighted by atomic mass is 10.2. The molecule has 0 aliphatic heterocycles. The Balaban J connectivity index is 1.93. The maximum absolute atomic E-state index is 5.71. The minimum Gasteiger partial charge on any atom is -0.489 e. The summed E-state index contributed by atoms with van der Waals surface area (Å²) in [6.45, 7) is 10.8. The molecule has 1 fully saturated rings. The Labute approximate surface area is 152 Å². The van der Waals surface area contributed by atoms with E-state index < -0.39 is 0 Å². The van der Waals surface area contributed by atoms with Gasteiger partial charge in [0.05, 0.1) is 6.54 Å². The fourth-order valence-corrected chi connectivity index (χ4v) is 2.66. The number of para-hydroxylation sites is 1. The molecule has 1 unspecified atom stereocenters. The molecule has 0 saturated heterocycles. The van der Waals surface area contributed by atoms with Crippen LogP contribution in [0.3, 0.4) is 0 Å². The molecule has 1 aromatic rings. The van der Waals surface area contributed by atoms with Crippen LogP contribution in [0.15, 0.2) is 41.9 Å². The monoisotopic (exact) mass is 344 g/mol. The zero-order valence-corrected chi connectivity index (χ0v) is 15.8. The number of rotatable bonds is 10. The Kier molecular flexibility index (Phi) is 7.79. The number of hydrogen-bond acceptors (Lipinski definition) is 3. The van der Waals surface area contributed by atoms with E-state index in [2.05, 4.69) is 49.1 Å². The van der Waals surface area contributed by atoms with E-state index in [1.807, 2.05) is 18.2 Å². The summed E-state index contributed by atoms with van der Waals surface area (Å²) in [5.74, 6) is 1.71. The van der Waals surface area contributed by atoms with Crippen LogP contribution in [0.25, 0.3) is 0 Å². The first kappa shape index (κ1) is 19.3. The van der Waals surface area contributed by atoms with Crippen LogP contribution >= 0.6 is 0 Å². The Bertz CT molecular complexity index is 569. The summed E-state index contributed by atoms with van der Waals surface area (Å²) in [5, 5.41) is 6.78. The average molecular weight is 345 g/mol. The molecule has 0 heterocycles. The van der Waals surface area contributed by atoms with Gasteiger partial charge in [-0.25, -0.2) is 4.99 Å². The maximum atomic E-state index is 5.71. The summed E-state index contributed by atoms with van der Waals surface area (Å²) in [6, 6.07) is 9.27. The lowest BCUT2D eigenvalue weighted by Crippen LogP contribution is -2.45. The number of nitrogens with zero attached hydrogens (tertiary/aromatic N) is 2. The number of likely N-dealkylation sites (N-methyl/N-ethyl adjacent to an activating group) is 1. The third-order valence-electron chi connectivity index (χ3n) is 4.46. The SMILES string of the molecule is C=CCOc1ccccc1CN=C(NCC)NCC(C)N(C)C1CC1. The van der Waals surface area contributed by atoms with Gasteiger partial charge < -0.3 is 15.4 Å². The average Bonchev–Trinajstić information content (AvgIpc) is 3.47. The van der Waals surface area contributed by atoms with Crippen molar-refractivity contribution in [1.82, 2.24) is 15.5 Å². The van der Waals surface area contributed by atoms with E-state index in [4.69, 9.17) is 9.73 Å².